The second kappa shape index (κ2) is 5.07. The second-order valence-electron chi connectivity index (χ2n) is 5.87. The number of rotatable bonds is 3. The monoisotopic (exact) mass is 241 g/mol. The first kappa shape index (κ1) is 14.0. The molecule has 1 rings (SSSR count). The summed E-state index contributed by atoms with van der Waals surface area (Å²) in [6.07, 6.45) is 3.00. The maximum Gasteiger partial charge on any atom is 0.318 e. The lowest BCUT2D eigenvalue weighted by molar-refractivity contribution is -0.153. The van der Waals surface area contributed by atoms with Crippen molar-refractivity contribution >= 4 is 11.9 Å². The van der Waals surface area contributed by atoms with Crippen molar-refractivity contribution in [1.29, 1.82) is 0 Å². The minimum absolute atomic E-state index is 0.132. The highest BCUT2D eigenvalue weighted by Gasteiger charge is 2.37. The molecule has 3 atom stereocenters. The lowest BCUT2D eigenvalue weighted by Gasteiger charge is -2.33. The van der Waals surface area contributed by atoms with Gasteiger partial charge in [-0.15, -0.1) is 0 Å². The molecule has 0 aromatic rings. The topological polar surface area (TPSA) is 66.4 Å². The van der Waals surface area contributed by atoms with Gasteiger partial charge in [0.15, 0.2) is 0 Å². The zero-order chi connectivity index (χ0) is 13.2. The molecule has 0 spiro atoms. The summed E-state index contributed by atoms with van der Waals surface area (Å²) in [6.45, 7) is 7.30. The largest absolute Gasteiger partial charge is 0.480 e. The van der Waals surface area contributed by atoms with E-state index in [1.807, 2.05) is 0 Å². The van der Waals surface area contributed by atoms with Gasteiger partial charge in [-0.25, -0.2) is 0 Å². The van der Waals surface area contributed by atoms with Crippen LogP contribution in [0.4, 0.5) is 0 Å². The highest BCUT2D eigenvalue weighted by atomic mass is 16.4. The molecule has 4 heteroatoms. The summed E-state index contributed by atoms with van der Waals surface area (Å²) in [5.74, 6) is -0.179. The lowest BCUT2D eigenvalue weighted by atomic mass is 9.78. The van der Waals surface area contributed by atoms with Crippen LogP contribution < -0.4 is 5.32 Å². The van der Waals surface area contributed by atoms with Crippen LogP contribution in [0.2, 0.25) is 0 Å². The zero-order valence-electron chi connectivity index (χ0n) is 11.1. The van der Waals surface area contributed by atoms with Gasteiger partial charge in [0, 0.05) is 6.04 Å². The van der Waals surface area contributed by atoms with E-state index in [1.165, 1.54) is 13.8 Å². The quantitative estimate of drug-likeness (QED) is 0.743. The third-order valence-corrected chi connectivity index (χ3v) is 4.04. The van der Waals surface area contributed by atoms with Crippen LogP contribution in [0.1, 0.15) is 47.0 Å². The Hall–Kier alpha value is -1.06. The van der Waals surface area contributed by atoms with Crippen LogP contribution in [0.3, 0.4) is 0 Å². The van der Waals surface area contributed by atoms with Crippen LogP contribution in [0.15, 0.2) is 0 Å². The minimum Gasteiger partial charge on any atom is -0.480 e. The molecule has 3 unspecified atom stereocenters. The average Bonchev–Trinajstić information content (AvgIpc) is 2.23. The standard InChI is InChI=1S/C13H23NO3/c1-8-5-6-10(7-9(8)2)14-11(15)13(3,4)12(16)17/h8-10H,5-7H2,1-4H3,(H,14,15)(H,16,17). The van der Waals surface area contributed by atoms with Gasteiger partial charge in [0.1, 0.15) is 5.41 Å². The van der Waals surface area contributed by atoms with Gasteiger partial charge in [-0.3, -0.25) is 9.59 Å². The fourth-order valence-corrected chi connectivity index (χ4v) is 2.14. The molecule has 0 bridgehead atoms. The highest BCUT2D eigenvalue weighted by molar-refractivity contribution is 6.01. The first-order valence-electron chi connectivity index (χ1n) is 6.29. The van der Waals surface area contributed by atoms with Gasteiger partial charge >= 0.3 is 5.97 Å². The number of hydrogen-bond donors (Lipinski definition) is 2. The smallest absolute Gasteiger partial charge is 0.318 e. The van der Waals surface area contributed by atoms with E-state index in [0.29, 0.717) is 11.8 Å². The molecule has 1 aliphatic rings. The molecule has 1 aliphatic carbocycles. The number of hydrogen-bond acceptors (Lipinski definition) is 2. The number of aliphatic carboxylic acids is 1. The van der Waals surface area contributed by atoms with E-state index in [1.54, 1.807) is 0 Å². The molecule has 4 nitrogen and oxygen atoms in total. The van der Waals surface area contributed by atoms with Gasteiger partial charge in [0.2, 0.25) is 5.91 Å². The van der Waals surface area contributed by atoms with Gasteiger partial charge in [-0.2, -0.15) is 0 Å². The molecule has 0 radical (unpaired) electrons. The molecule has 2 N–H and O–H groups in total. The Morgan fingerprint density at radius 2 is 1.76 bits per heavy atom. The first-order chi connectivity index (χ1) is 7.75. The molecular formula is C13H23NO3. The Balaban J connectivity index is 2.56. The van der Waals surface area contributed by atoms with Crippen LogP contribution >= 0.6 is 0 Å². The Morgan fingerprint density at radius 1 is 1.18 bits per heavy atom. The third kappa shape index (κ3) is 3.20. The Bertz CT molecular complexity index is 312. The molecule has 0 heterocycles. The third-order valence-electron chi connectivity index (χ3n) is 4.04. The number of carboxylic acid groups (broad SMARTS) is 1. The number of nitrogens with one attached hydrogen (secondary N) is 1. The van der Waals surface area contributed by atoms with E-state index in [-0.39, 0.29) is 11.9 Å². The van der Waals surface area contributed by atoms with Gasteiger partial charge in [0.25, 0.3) is 0 Å². The molecule has 1 saturated carbocycles. The van der Waals surface area contributed by atoms with Gasteiger partial charge in [-0.05, 0) is 44.9 Å². The van der Waals surface area contributed by atoms with Crippen molar-refractivity contribution in [1.82, 2.24) is 5.32 Å². The van der Waals surface area contributed by atoms with Crippen LogP contribution in [0.5, 0.6) is 0 Å². The molecule has 1 amide bonds. The SMILES string of the molecule is CC1CCC(NC(=O)C(C)(C)C(=O)O)CC1C. The molecule has 98 valence electrons. The Morgan fingerprint density at radius 3 is 2.24 bits per heavy atom. The molecule has 17 heavy (non-hydrogen) atoms. The fraction of sp³-hybridized carbons (Fsp3) is 0.846. The maximum absolute atomic E-state index is 11.9. The van der Waals surface area contributed by atoms with Crippen molar-refractivity contribution in [3.8, 4) is 0 Å². The van der Waals surface area contributed by atoms with Crippen molar-refractivity contribution in [2.24, 2.45) is 17.3 Å². The Labute approximate surface area is 103 Å². The summed E-state index contributed by atoms with van der Waals surface area (Å²) in [6, 6.07) is 0.132. The second-order valence-corrected chi connectivity index (χ2v) is 5.87. The van der Waals surface area contributed by atoms with E-state index in [2.05, 4.69) is 19.2 Å². The summed E-state index contributed by atoms with van der Waals surface area (Å²) >= 11 is 0. The maximum atomic E-state index is 11.9. The van der Waals surface area contributed by atoms with Gasteiger partial charge < -0.3 is 10.4 Å². The summed E-state index contributed by atoms with van der Waals surface area (Å²) in [5, 5.41) is 11.8. The van der Waals surface area contributed by atoms with Crippen molar-refractivity contribution in [2.45, 2.75) is 53.0 Å². The van der Waals surface area contributed by atoms with E-state index in [9.17, 15) is 9.59 Å². The van der Waals surface area contributed by atoms with E-state index < -0.39 is 11.4 Å². The molecule has 0 aromatic heterocycles. The molecule has 0 aliphatic heterocycles. The molecule has 0 saturated heterocycles. The Kier molecular flexibility index (Phi) is 4.17. The summed E-state index contributed by atoms with van der Waals surface area (Å²) < 4.78 is 0. The van der Waals surface area contributed by atoms with Crippen LogP contribution in [-0.4, -0.2) is 23.0 Å². The number of carbonyl (C=O) groups is 2. The molecular weight excluding hydrogens is 218 g/mol. The predicted octanol–water partition coefficient (Wildman–Crippen LogP) is 2.04. The van der Waals surface area contributed by atoms with Crippen molar-refractivity contribution in [2.75, 3.05) is 0 Å². The molecule has 0 aromatic carbocycles. The average molecular weight is 241 g/mol. The highest BCUT2D eigenvalue weighted by Crippen LogP contribution is 2.30. The lowest BCUT2D eigenvalue weighted by Crippen LogP contribution is -2.48. The fourth-order valence-electron chi connectivity index (χ4n) is 2.14. The van der Waals surface area contributed by atoms with E-state index in [0.717, 1.165) is 19.3 Å². The van der Waals surface area contributed by atoms with Crippen molar-refractivity contribution in [3.63, 3.8) is 0 Å². The first-order valence-corrected chi connectivity index (χ1v) is 6.29. The van der Waals surface area contributed by atoms with Crippen LogP contribution in [0.25, 0.3) is 0 Å². The number of amides is 1. The molecule has 1 fully saturated rings. The van der Waals surface area contributed by atoms with Gasteiger partial charge in [-0.1, -0.05) is 13.8 Å². The normalized spacial score (nSPS) is 29.8. The van der Waals surface area contributed by atoms with Crippen molar-refractivity contribution < 1.29 is 14.7 Å². The van der Waals surface area contributed by atoms with Crippen LogP contribution in [0, 0.1) is 17.3 Å². The van der Waals surface area contributed by atoms with Crippen molar-refractivity contribution in [3.05, 3.63) is 0 Å². The minimum atomic E-state index is -1.34. The summed E-state index contributed by atoms with van der Waals surface area (Å²) in [5.41, 5.74) is -1.34. The summed E-state index contributed by atoms with van der Waals surface area (Å²) in [4.78, 5) is 22.8. The predicted molar refractivity (Wildman–Crippen MR) is 65.5 cm³/mol. The van der Waals surface area contributed by atoms with Crippen LogP contribution in [-0.2, 0) is 9.59 Å². The summed E-state index contributed by atoms with van der Waals surface area (Å²) in [7, 11) is 0. The van der Waals surface area contributed by atoms with Gasteiger partial charge in [0.05, 0.1) is 0 Å². The van der Waals surface area contributed by atoms with E-state index in [4.69, 9.17) is 5.11 Å². The zero-order valence-corrected chi connectivity index (χ0v) is 11.1. The van der Waals surface area contributed by atoms with E-state index >= 15 is 0 Å². The number of carbonyl (C=O) groups excluding carboxylic acids is 1. The number of carboxylic acids is 1.